The van der Waals surface area contributed by atoms with Crippen LogP contribution in [0.4, 0.5) is 5.69 Å². The highest BCUT2D eigenvalue weighted by molar-refractivity contribution is 7.17. The summed E-state index contributed by atoms with van der Waals surface area (Å²) in [4.78, 5) is 2.48. The first kappa shape index (κ1) is 15.3. The summed E-state index contributed by atoms with van der Waals surface area (Å²) < 4.78 is 1.39. The van der Waals surface area contributed by atoms with E-state index in [0.717, 1.165) is 26.2 Å². The number of fused-ring (bicyclic) bond motifs is 1. The van der Waals surface area contributed by atoms with Gasteiger partial charge in [-0.05, 0) is 23.6 Å². The number of anilines is 1. The van der Waals surface area contributed by atoms with Gasteiger partial charge in [0.25, 0.3) is 0 Å². The lowest BCUT2D eigenvalue weighted by molar-refractivity contribution is 0.590. The van der Waals surface area contributed by atoms with E-state index in [-0.39, 0.29) is 12.4 Å². The van der Waals surface area contributed by atoms with E-state index < -0.39 is 0 Å². The minimum absolute atomic E-state index is 0. The number of piperazine rings is 1. The summed E-state index contributed by atoms with van der Waals surface area (Å²) in [7, 11) is 0. The Kier molecular flexibility index (Phi) is 6.47. The number of thiophene rings is 1. The van der Waals surface area contributed by atoms with E-state index in [1.807, 2.05) is 25.2 Å². The second-order valence-electron chi connectivity index (χ2n) is 3.85. The quantitative estimate of drug-likeness (QED) is 0.858. The standard InChI is InChI=1S/C12H14N2S.C2H6.ClH/c1-2-11(14-7-5-13-6-8-14)10-4-9-15-12(10)3-1;1-2;/h1-4,9,13H,5-8H2;1-2H3;1H. The molecule has 1 aromatic carbocycles. The van der Waals surface area contributed by atoms with Crippen molar-refractivity contribution < 1.29 is 0 Å². The van der Waals surface area contributed by atoms with Crippen LogP contribution in [0.5, 0.6) is 0 Å². The van der Waals surface area contributed by atoms with E-state index in [2.05, 4.69) is 39.9 Å². The van der Waals surface area contributed by atoms with Crippen LogP contribution in [0.25, 0.3) is 10.1 Å². The van der Waals surface area contributed by atoms with Gasteiger partial charge in [0.15, 0.2) is 0 Å². The van der Waals surface area contributed by atoms with E-state index in [0.29, 0.717) is 0 Å². The molecule has 2 nitrogen and oxygen atoms in total. The van der Waals surface area contributed by atoms with E-state index in [9.17, 15) is 0 Å². The lowest BCUT2D eigenvalue weighted by Gasteiger charge is -2.30. The topological polar surface area (TPSA) is 15.3 Å². The Hall–Kier alpha value is -0.770. The van der Waals surface area contributed by atoms with Crippen molar-refractivity contribution in [2.75, 3.05) is 31.1 Å². The molecule has 0 atom stereocenters. The Balaban J connectivity index is 0.000000516. The van der Waals surface area contributed by atoms with E-state index in [4.69, 9.17) is 0 Å². The molecule has 0 unspecified atom stereocenters. The number of nitrogens with one attached hydrogen (secondary N) is 1. The van der Waals surface area contributed by atoms with Gasteiger partial charge in [-0.2, -0.15) is 0 Å². The van der Waals surface area contributed by atoms with Gasteiger partial charge in [-0.25, -0.2) is 0 Å². The van der Waals surface area contributed by atoms with E-state index in [1.54, 1.807) is 0 Å². The Morgan fingerprint density at radius 1 is 1.11 bits per heavy atom. The van der Waals surface area contributed by atoms with Gasteiger partial charge >= 0.3 is 0 Å². The minimum atomic E-state index is 0. The van der Waals surface area contributed by atoms with Crippen LogP contribution in [0.3, 0.4) is 0 Å². The van der Waals surface area contributed by atoms with Gasteiger partial charge in [0.1, 0.15) is 0 Å². The smallest absolute Gasteiger partial charge is 0.0455 e. The third-order valence-corrected chi connectivity index (χ3v) is 3.81. The normalized spacial score (nSPS) is 14.7. The molecule has 0 amide bonds. The second kappa shape index (κ2) is 7.62. The molecule has 1 aliphatic heterocycles. The average Bonchev–Trinajstić information content (AvgIpc) is 2.90. The minimum Gasteiger partial charge on any atom is -0.368 e. The molecule has 2 heterocycles. The lowest BCUT2D eigenvalue weighted by atomic mass is 10.2. The van der Waals surface area contributed by atoms with Crippen molar-refractivity contribution in [3.05, 3.63) is 29.6 Å². The molecule has 1 saturated heterocycles. The molecule has 3 rings (SSSR count). The number of hydrogen-bond acceptors (Lipinski definition) is 3. The Morgan fingerprint density at radius 2 is 1.83 bits per heavy atom. The van der Waals surface area contributed by atoms with E-state index >= 15 is 0 Å². The molecule has 0 aliphatic carbocycles. The summed E-state index contributed by atoms with van der Waals surface area (Å²) in [5.74, 6) is 0. The summed E-state index contributed by atoms with van der Waals surface area (Å²) in [5.41, 5.74) is 1.40. The molecule has 1 N–H and O–H groups in total. The van der Waals surface area contributed by atoms with Crippen LogP contribution in [0.1, 0.15) is 13.8 Å². The van der Waals surface area contributed by atoms with E-state index in [1.165, 1.54) is 15.8 Å². The highest BCUT2D eigenvalue weighted by Crippen LogP contribution is 2.30. The highest BCUT2D eigenvalue weighted by atomic mass is 35.5. The molecule has 0 spiro atoms. The molecule has 0 bridgehead atoms. The number of benzene rings is 1. The summed E-state index contributed by atoms with van der Waals surface area (Å²) in [6.45, 7) is 8.44. The van der Waals surface area contributed by atoms with Crippen LogP contribution in [-0.4, -0.2) is 26.2 Å². The molecule has 2 aromatic rings. The van der Waals surface area contributed by atoms with Gasteiger partial charge < -0.3 is 10.2 Å². The monoisotopic (exact) mass is 284 g/mol. The third-order valence-electron chi connectivity index (χ3n) is 2.93. The zero-order valence-electron chi connectivity index (χ0n) is 11.0. The number of rotatable bonds is 1. The Labute approximate surface area is 119 Å². The van der Waals surface area contributed by atoms with Crippen LogP contribution in [0.15, 0.2) is 29.6 Å². The maximum atomic E-state index is 3.39. The fourth-order valence-electron chi connectivity index (χ4n) is 2.16. The van der Waals surface area contributed by atoms with Gasteiger partial charge in [0.2, 0.25) is 0 Å². The highest BCUT2D eigenvalue weighted by Gasteiger charge is 2.12. The van der Waals surface area contributed by atoms with Gasteiger partial charge in [-0.1, -0.05) is 19.9 Å². The van der Waals surface area contributed by atoms with Crippen molar-refractivity contribution in [1.29, 1.82) is 0 Å². The van der Waals surface area contributed by atoms with Crippen molar-refractivity contribution >= 4 is 39.5 Å². The third kappa shape index (κ3) is 3.16. The largest absolute Gasteiger partial charge is 0.368 e. The predicted octanol–water partition coefficient (Wildman–Crippen LogP) is 3.76. The molecule has 1 fully saturated rings. The summed E-state index contributed by atoms with van der Waals surface area (Å²) in [5, 5.41) is 6.97. The molecule has 0 radical (unpaired) electrons. The lowest BCUT2D eigenvalue weighted by Crippen LogP contribution is -2.43. The summed E-state index contributed by atoms with van der Waals surface area (Å²) in [6.07, 6.45) is 0. The van der Waals surface area contributed by atoms with Crippen molar-refractivity contribution in [1.82, 2.24) is 5.32 Å². The summed E-state index contributed by atoms with van der Waals surface area (Å²) in [6, 6.07) is 8.83. The maximum absolute atomic E-state index is 3.39. The number of halogens is 1. The molecule has 1 aliphatic rings. The van der Waals surface area contributed by atoms with Gasteiger partial charge in [-0.3, -0.25) is 0 Å². The molecule has 100 valence electrons. The van der Waals surface area contributed by atoms with Crippen LogP contribution in [-0.2, 0) is 0 Å². The van der Waals surface area contributed by atoms with Crippen molar-refractivity contribution in [3.63, 3.8) is 0 Å². The van der Waals surface area contributed by atoms with Crippen LogP contribution in [0, 0.1) is 0 Å². The maximum Gasteiger partial charge on any atom is 0.0455 e. The van der Waals surface area contributed by atoms with Gasteiger partial charge in [-0.15, -0.1) is 23.7 Å². The van der Waals surface area contributed by atoms with Crippen LogP contribution < -0.4 is 10.2 Å². The fourth-order valence-corrected chi connectivity index (χ4v) is 2.97. The molecular formula is C14H21ClN2S. The zero-order chi connectivity index (χ0) is 12.1. The van der Waals surface area contributed by atoms with Gasteiger partial charge in [0.05, 0.1) is 0 Å². The second-order valence-corrected chi connectivity index (χ2v) is 4.79. The Morgan fingerprint density at radius 3 is 2.56 bits per heavy atom. The number of hydrogen-bond donors (Lipinski definition) is 1. The van der Waals surface area contributed by atoms with Crippen LogP contribution in [0.2, 0.25) is 0 Å². The fraction of sp³-hybridized carbons (Fsp3) is 0.429. The van der Waals surface area contributed by atoms with Crippen molar-refractivity contribution in [2.45, 2.75) is 13.8 Å². The van der Waals surface area contributed by atoms with Crippen LogP contribution >= 0.6 is 23.7 Å². The summed E-state index contributed by atoms with van der Waals surface area (Å²) >= 11 is 1.82. The first-order chi connectivity index (χ1) is 8.45. The molecule has 0 saturated carbocycles. The zero-order valence-corrected chi connectivity index (χ0v) is 12.6. The van der Waals surface area contributed by atoms with Crippen molar-refractivity contribution in [3.8, 4) is 0 Å². The molecule has 4 heteroatoms. The Bertz CT molecular complexity index is 464. The number of nitrogens with zero attached hydrogens (tertiary/aromatic N) is 1. The average molecular weight is 285 g/mol. The first-order valence-corrected chi connectivity index (χ1v) is 7.25. The first-order valence-electron chi connectivity index (χ1n) is 6.37. The molecule has 1 aromatic heterocycles. The SMILES string of the molecule is CC.Cl.c1cc(N2CCNCC2)c2ccsc2c1. The predicted molar refractivity (Wildman–Crippen MR) is 85.5 cm³/mol. The van der Waals surface area contributed by atoms with Crippen molar-refractivity contribution in [2.24, 2.45) is 0 Å². The molecule has 18 heavy (non-hydrogen) atoms. The van der Waals surface area contributed by atoms with Gasteiger partial charge in [0, 0.05) is 42.0 Å². The molecular weight excluding hydrogens is 264 g/mol.